The number of nitrogens with zero attached hydrogens (tertiary/aromatic N) is 4. The lowest BCUT2D eigenvalue weighted by Gasteiger charge is -2.28. The quantitative estimate of drug-likeness (QED) is 0.551. The van der Waals surface area contributed by atoms with Crippen LogP contribution in [-0.2, 0) is 6.54 Å². The maximum Gasteiger partial charge on any atom is 0.422 e. The molecule has 0 spiro atoms. The first-order chi connectivity index (χ1) is 15.6. The zero-order valence-corrected chi connectivity index (χ0v) is 18.4. The van der Waals surface area contributed by atoms with Crippen LogP contribution in [-0.4, -0.2) is 43.6 Å². The third-order valence-corrected chi connectivity index (χ3v) is 6.09. The Hall–Kier alpha value is -3.09. The topological polar surface area (TPSA) is 100 Å². The highest BCUT2D eigenvalue weighted by Gasteiger charge is 2.35. The van der Waals surface area contributed by atoms with Crippen LogP contribution in [0, 0.1) is 6.92 Å². The molecule has 3 aromatic rings. The summed E-state index contributed by atoms with van der Waals surface area (Å²) in [6.07, 6.45) is -1.00. The van der Waals surface area contributed by atoms with Crippen molar-refractivity contribution in [2.24, 2.45) is 0 Å². The number of aromatic nitrogens is 3. The van der Waals surface area contributed by atoms with Crippen molar-refractivity contribution in [2.45, 2.75) is 38.8 Å². The van der Waals surface area contributed by atoms with E-state index in [4.69, 9.17) is 4.74 Å². The van der Waals surface area contributed by atoms with Gasteiger partial charge in [-0.15, -0.1) is 11.3 Å². The van der Waals surface area contributed by atoms with Gasteiger partial charge in [-0.1, -0.05) is 0 Å². The van der Waals surface area contributed by atoms with Gasteiger partial charge < -0.3 is 15.2 Å². The number of halogens is 3. The molecule has 174 valence electrons. The van der Waals surface area contributed by atoms with Gasteiger partial charge in [0.2, 0.25) is 5.88 Å². The van der Waals surface area contributed by atoms with Crippen LogP contribution in [0.1, 0.15) is 51.1 Å². The summed E-state index contributed by atoms with van der Waals surface area (Å²) in [5, 5.41) is 13.7. The molecule has 0 fully saturated rings. The molecule has 1 amide bonds. The van der Waals surface area contributed by atoms with Gasteiger partial charge in [-0.3, -0.25) is 14.7 Å². The molecule has 0 aliphatic carbocycles. The van der Waals surface area contributed by atoms with Gasteiger partial charge in [-0.2, -0.15) is 13.2 Å². The van der Waals surface area contributed by atoms with E-state index in [2.05, 4.69) is 20.3 Å². The molecule has 0 radical (unpaired) electrons. The Labute approximate surface area is 191 Å². The van der Waals surface area contributed by atoms with Crippen LogP contribution >= 0.6 is 11.3 Å². The number of anilines is 1. The van der Waals surface area contributed by atoms with E-state index >= 15 is 0 Å². The molecule has 0 aromatic carbocycles. The average molecular weight is 479 g/mol. The average Bonchev–Trinajstić information content (AvgIpc) is 3.41. The molecule has 2 unspecified atom stereocenters. The van der Waals surface area contributed by atoms with Crippen LogP contribution in [0.4, 0.5) is 19.0 Å². The lowest BCUT2D eigenvalue weighted by molar-refractivity contribution is -0.154. The number of fused-ring (bicyclic) bond motifs is 1. The van der Waals surface area contributed by atoms with Crippen LogP contribution in [0.5, 0.6) is 5.88 Å². The molecule has 2 N–H and O–H groups in total. The number of ether oxygens (including phenoxy) is 1. The molecule has 0 saturated heterocycles. The SMILES string of the molecule is Cc1cc(C(C)N2Cc3c(ccnc3NC(=O)c3cncs3)C2O)cnc1OCC(F)(F)F. The number of nitrogens with one attached hydrogen (secondary N) is 1. The van der Waals surface area contributed by atoms with Crippen LogP contribution < -0.4 is 10.1 Å². The van der Waals surface area contributed by atoms with Gasteiger partial charge >= 0.3 is 6.18 Å². The lowest BCUT2D eigenvalue weighted by Crippen LogP contribution is -2.26. The highest BCUT2D eigenvalue weighted by Crippen LogP contribution is 2.40. The van der Waals surface area contributed by atoms with Gasteiger partial charge in [0.15, 0.2) is 6.61 Å². The summed E-state index contributed by atoms with van der Waals surface area (Å²) in [5.41, 5.74) is 4.01. The second-order valence-corrected chi connectivity index (χ2v) is 8.45. The second-order valence-electron chi connectivity index (χ2n) is 7.56. The molecule has 12 heteroatoms. The minimum absolute atomic E-state index is 0.0919. The number of hydrogen-bond donors (Lipinski definition) is 2. The molecule has 2 atom stereocenters. The van der Waals surface area contributed by atoms with Crippen molar-refractivity contribution in [3.8, 4) is 5.88 Å². The van der Waals surface area contributed by atoms with Crippen molar-refractivity contribution < 1.29 is 27.8 Å². The van der Waals surface area contributed by atoms with Crippen molar-refractivity contribution >= 4 is 23.1 Å². The zero-order chi connectivity index (χ0) is 23.8. The lowest BCUT2D eigenvalue weighted by atomic mass is 10.1. The van der Waals surface area contributed by atoms with Gasteiger partial charge in [0.25, 0.3) is 5.91 Å². The van der Waals surface area contributed by atoms with E-state index in [1.807, 2.05) is 6.92 Å². The third-order valence-electron chi connectivity index (χ3n) is 5.32. The Kier molecular flexibility index (Phi) is 6.32. The highest BCUT2D eigenvalue weighted by molar-refractivity contribution is 7.11. The van der Waals surface area contributed by atoms with Crippen LogP contribution in [0.15, 0.2) is 36.2 Å². The van der Waals surface area contributed by atoms with E-state index in [-0.39, 0.29) is 17.8 Å². The highest BCUT2D eigenvalue weighted by atomic mass is 32.1. The monoisotopic (exact) mass is 479 g/mol. The first-order valence-corrected chi connectivity index (χ1v) is 10.8. The smallest absolute Gasteiger partial charge is 0.422 e. The number of carbonyl (C=O) groups excluding carboxylic acids is 1. The number of aliphatic hydroxyl groups excluding tert-OH is 1. The molecule has 0 bridgehead atoms. The predicted octanol–water partition coefficient (Wildman–Crippen LogP) is 4.00. The Morgan fingerprint density at radius 3 is 2.85 bits per heavy atom. The van der Waals surface area contributed by atoms with E-state index in [9.17, 15) is 23.1 Å². The Morgan fingerprint density at radius 1 is 1.39 bits per heavy atom. The molecule has 4 heterocycles. The van der Waals surface area contributed by atoms with E-state index < -0.39 is 19.0 Å². The Balaban J connectivity index is 1.51. The fraction of sp³-hybridized carbons (Fsp3) is 0.333. The second kappa shape index (κ2) is 9.04. The van der Waals surface area contributed by atoms with Crippen molar-refractivity contribution in [3.05, 3.63) is 63.4 Å². The molecule has 0 saturated carbocycles. The van der Waals surface area contributed by atoms with Crippen molar-refractivity contribution in [3.63, 3.8) is 0 Å². The van der Waals surface area contributed by atoms with Crippen molar-refractivity contribution in [2.75, 3.05) is 11.9 Å². The van der Waals surface area contributed by atoms with E-state index in [1.54, 1.807) is 29.5 Å². The van der Waals surface area contributed by atoms with Crippen LogP contribution in [0.2, 0.25) is 0 Å². The summed E-state index contributed by atoms with van der Waals surface area (Å²) in [6, 6.07) is 3.04. The molecule has 3 aromatic heterocycles. The van der Waals surface area contributed by atoms with E-state index in [1.165, 1.54) is 29.9 Å². The van der Waals surface area contributed by atoms with Gasteiger partial charge in [0.05, 0.1) is 11.7 Å². The summed E-state index contributed by atoms with van der Waals surface area (Å²) < 4.78 is 42.1. The minimum atomic E-state index is -4.45. The molecule has 1 aliphatic heterocycles. The number of rotatable bonds is 6. The van der Waals surface area contributed by atoms with Gasteiger partial charge in [-0.25, -0.2) is 9.97 Å². The number of pyridine rings is 2. The molecule has 4 rings (SSSR count). The number of alkyl halides is 3. The number of carbonyl (C=O) groups is 1. The Bertz CT molecular complexity index is 1160. The van der Waals surface area contributed by atoms with Crippen molar-refractivity contribution in [1.82, 2.24) is 19.9 Å². The maximum absolute atomic E-state index is 12.4. The van der Waals surface area contributed by atoms with Crippen LogP contribution in [0.3, 0.4) is 0 Å². The molecule has 8 nitrogen and oxygen atoms in total. The summed E-state index contributed by atoms with van der Waals surface area (Å²) in [6.45, 7) is 2.35. The summed E-state index contributed by atoms with van der Waals surface area (Å²) in [7, 11) is 0. The Morgan fingerprint density at radius 2 is 2.18 bits per heavy atom. The largest absolute Gasteiger partial charge is 0.468 e. The third kappa shape index (κ3) is 4.97. The molecule has 33 heavy (non-hydrogen) atoms. The number of thiazole rings is 1. The zero-order valence-electron chi connectivity index (χ0n) is 17.6. The minimum Gasteiger partial charge on any atom is -0.468 e. The first kappa shape index (κ1) is 23.1. The molecular weight excluding hydrogens is 459 g/mol. The number of aliphatic hydroxyl groups is 1. The number of aryl methyl sites for hydroxylation is 1. The summed E-state index contributed by atoms with van der Waals surface area (Å²) >= 11 is 1.20. The number of hydrogen-bond acceptors (Lipinski definition) is 8. The van der Waals surface area contributed by atoms with E-state index in [0.717, 1.165) is 0 Å². The van der Waals surface area contributed by atoms with Crippen molar-refractivity contribution in [1.29, 1.82) is 0 Å². The normalized spacial score (nSPS) is 17.0. The summed E-state index contributed by atoms with van der Waals surface area (Å²) in [5.74, 6) is -0.0793. The standard InChI is InChI=1S/C21H20F3N5O3S/c1-11-5-13(6-27-19(11)32-9-21(22,23)24)12(2)29-8-15-14(20(29)31)3-4-26-17(15)28-18(30)16-7-25-10-33-16/h3-7,10,12,20,31H,8-9H2,1-2H3,(H,26,28,30). The first-order valence-electron chi connectivity index (χ1n) is 9.91. The fourth-order valence-corrected chi connectivity index (χ4v) is 4.14. The van der Waals surface area contributed by atoms with Gasteiger partial charge in [-0.05, 0) is 31.5 Å². The molecule has 1 aliphatic rings. The fourth-order valence-electron chi connectivity index (χ4n) is 3.62. The predicted molar refractivity (Wildman–Crippen MR) is 114 cm³/mol. The molecular formula is C21H20F3N5O3S. The summed E-state index contributed by atoms with van der Waals surface area (Å²) in [4.78, 5) is 26.8. The maximum atomic E-state index is 12.4. The van der Waals surface area contributed by atoms with E-state index in [0.29, 0.717) is 39.5 Å². The van der Waals surface area contributed by atoms with Gasteiger partial charge in [0, 0.05) is 41.7 Å². The number of amides is 1. The van der Waals surface area contributed by atoms with Gasteiger partial charge in [0.1, 0.15) is 16.9 Å². The van der Waals surface area contributed by atoms with Crippen LogP contribution in [0.25, 0.3) is 0 Å².